The molecule has 0 aliphatic heterocycles. The van der Waals surface area contributed by atoms with Crippen molar-refractivity contribution in [3.05, 3.63) is 54.1 Å². The average Bonchev–Trinajstić information content (AvgIpc) is 2.46. The molecule has 0 bridgehead atoms. The molecule has 2 heteroatoms. The van der Waals surface area contributed by atoms with Crippen LogP contribution in [-0.4, -0.2) is 13.9 Å². The van der Waals surface area contributed by atoms with Crippen molar-refractivity contribution in [3.63, 3.8) is 0 Å². The van der Waals surface area contributed by atoms with Crippen LogP contribution in [-0.2, 0) is 0 Å². The van der Waals surface area contributed by atoms with Gasteiger partial charge in [-0.25, -0.2) is 0 Å². The van der Waals surface area contributed by atoms with Crippen LogP contribution in [0.3, 0.4) is 0 Å². The van der Waals surface area contributed by atoms with Crippen molar-refractivity contribution in [2.24, 2.45) is 0 Å². The van der Waals surface area contributed by atoms with Gasteiger partial charge in [0, 0.05) is 12.0 Å². The van der Waals surface area contributed by atoms with Gasteiger partial charge in [-0.2, -0.15) is 0 Å². The van der Waals surface area contributed by atoms with E-state index in [-0.39, 0.29) is 5.78 Å². The van der Waals surface area contributed by atoms with Crippen LogP contribution in [0.1, 0.15) is 23.7 Å². The largest absolute Gasteiger partial charge is 0.294 e. The van der Waals surface area contributed by atoms with Gasteiger partial charge in [0.05, 0.1) is 8.07 Å². The number of rotatable bonds is 4. The number of hydrogen-bond acceptors (Lipinski definition) is 1. The maximum atomic E-state index is 11.6. The monoisotopic (exact) mass is 282 g/mol. The Bertz CT molecular complexity index is 589. The predicted octanol–water partition coefficient (Wildman–Crippen LogP) is 4.49. The molecule has 1 nitrogen and oxygen atoms in total. The maximum absolute atomic E-state index is 11.6. The van der Waals surface area contributed by atoms with Crippen molar-refractivity contribution in [1.29, 1.82) is 0 Å². The van der Waals surface area contributed by atoms with E-state index < -0.39 is 8.07 Å². The van der Waals surface area contributed by atoms with Crippen LogP contribution < -0.4 is 5.19 Å². The zero-order chi connectivity index (χ0) is 14.8. The number of ketones is 1. The van der Waals surface area contributed by atoms with E-state index >= 15 is 0 Å². The highest BCUT2D eigenvalue weighted by molar-refractivity contribution is 6.88. The standard InChI is InChI=1S/C18H22OSi/c1-5-18(19)16-8-6-14(7-9-16)15-10-12-17(13-11-15)20(2,3)4/h6-13H,5H2,1-4H3. The zero-order valence-corrected chi connectivity index (χ0v) is 13.7. The third-order valence-corrected chi connectivity index (χ3v) is 5.68. The van der Waals surface area contributed by atoms with E-state index in [1.165, 1.54) is 16.3 Å². The van der Waals surface area contributed by atoms with Gasteiger partial charge in [-0.1, -0.05) is 80.3 Å². The van der Waals surface area contributed by atoms with Crippen molar-refractivity contribution >= 4 is 19.0 Å². The van der Waals surface area contributed by atoms with E-state index in [2.05, 4.69) is 43.9 Å². The minimum atomic E-state index is -1.23. The summed E-state index contributed by atoms with van der Waals surface area (Å²) in [5.74, 6) is 0.200. The van der Waals surface area contributed by atoms with Crippen molar-refractivity contribution in [3.8, 4) is 11.1 Å². The molecule has 0 aromatic heterocycles. The molecule has 0 aliphatic carbocycles. The van der Waals surface area contributed by atoms with Gasteiger partial charge in [0.25, 0.3) is 0 Å². The first-order valence-corrected chi connectivity index (χ1v) is 10.7. The van der Waals surface area contributed by atoms with Gasteiger partial charge in [-0.3, -0.25) is 4.79 Å². The zero-order valence-electron chi connectivity index (χ0n) is 12.7. The summed E-state index contributed by atoms with van der Waals surface area (Å²) in [6.07, 6.45) is 0.560. The molecular formula is C18H22OSi. The van der Waals surface area contributed by atoms with E-state index in [1.54, 1.807) is 0 Å². The summed E-state index contributed by atoms with van der Waals surface area (Å²) in [6.45, 7) is 8.96. The van der Waals surface area contributed by atoms with Gasteiger partial charge in [-0.05, 0) is 11.1 Å². The second kappa shape index (κ2) is 5.76. The van der Waals surface area contributed by atoms with E-state index in [0.29, 0.717) is 6.42 Å². The third kappa shape index (κ3) is 3.25. The molecule has 0 saturated carbocycles. The summed E-state index contributed by atoms with van der Waals surface area (Å²) < 4.78 is 0. The summed E-state index contributed by atoms with van der Waals surface area (Å²) in [4.78, 5) is 11.6. The number of carbonyl (C=O) groups is 1. The average molecular weight is 282 g/mol. The topological polar surface area (TPSA) is 17.1 Å². The molecule has 0 amide bonds. The Morgan fingerprint density at radius 3 is 1.70 bits per heavy atom. The first kappa shape index (κ1) is 14.7. The van der Waals surface area contributed by atoms with Crippen LogP contribution in [0, 0.1) is 0 Å². The van der Waals surface area contributed by atoms with E-state index in [9.17, 15) is 4.79 Å². The molecule has 0 unspecified atom stereocenters. The van der Waals surface area contributed by atoms with Gasteiger partial charge in [0.15, 0.2) is 5.78 Å². The Hall–Kier alpha value is -1.67. The molecule has 2 aromatic rings. The molecule has 0 atom stereocenters. The summed E-state index contributed by atoms with van der Waals surface area (Å²) in [5, 5.41) is 1.47. The quantitative estimate of drug-likeness (QED) is 0.596. The van der Waals surface area contributed by atoms with Crippen LogP contribution in [0.2, 0.25) is 19.6 Å². The van der Waals surface area contributed by atoms with Crippen molar-refractivity contribution < 1.29 is 4.79 Å². The van der Waals surface area contributed by atoms with Crippen LogP contribution in [0.25, 0.3) is 11.1 Å². The van der Waals surface area contributed by atoms with E-state index in [0.717, 1.165) is 5.56 Å². The molecule has 20 heavy (non-hydrogen) atoms. The highest BCUT2D eigenvalue weighted by Gasteiger charge is 2.15. The first-order chi connectivity index (χ1) is 9.41. The lowest BCUT2D eigenvalue weighted by Gasteiger charge is -2.16. The highest BCUT2D eigenvalue weighted by atomic mass is 28.3. The second-order valence-corrected chi connectivity index (χ2v) is 11.3. The molecule has 104 valence electrons. The van der Waals surface area contributed by atoms with Crippen LogP contribution in [0.5, 0.6) is 0 Å². The van der Waals surface area contributed by atoms with Gasteiger partial charge in [0.2, 0.25) is 0 Å². The lowest BCUT2D eigenvalue weighted by molar-refractivity contribution is 0.0988. The van der Waals surface area contributed by atoms with Crippen LogP contribution in [0.4, 0.5) is 0 Å². The molecule has 0 N–H and O–H groups in total. The maximum Gasteiger partial charge on any atom is 0.162 e. The molecule has 2 rings (SSSR count). The lowest BCUT2D eigenvalue weighted by Crippen LogP contribution is -2.37. The minimum absolute atomic E-state index is 0.200. The summed E-state index contributed by atoms with van der Waals surface area (Å²) in [7, 11) is -1.23. The van der Waals surface area contributed by atoms with E-state index in [1.807, 2.05) is 31.2 Å². The second-order valence-electron chi connectivity index (χ2n) is 6.18. The molecule has 0 heterocycles. The van der Waals surface area contributed by atoms with Crippen molar-refractivity contribution in [1.82, 2.24) is 0 Å². The fraction of sp³-hybridized carbons (Fsp3) is 0.278. The van der Waals surface area contributed by atoms with E-state index in [4.69, 9.17) is 0 Å². The molecule has 0 aliphatic rings. The Morgan fingerprint density at radius 1 is 0.850 bits per heavy atom. The number of carbonyl (C=O) groups excluding carboxylic acids is 1. The fourth-order valence-corrected chi connectivity index (χ4v) is 3.38. The fourth-order valence-electron chi connectivity index (χ4n) is 2.22. The van der Waals surface area contributed by atoms with Crippen molar-refractivity contribution in [2.75, 3.05) is 0 Å². The number of hydrogen-bond donors (Lipinski definition) is 0. The van der Waals surface area contributed by atoms with Gasteiger partial charge < -0.3 is 0 Å². The summed E-state index contributed by atoms with van der Waals surface area (Å²) >= 11 is 0. The minimum Gasteiger partial charge on any atom is -0.294 e. The Morgan fingerprint density at radius 2 is 1.30 bits per heavy atom. The molecular weight excluding hydrogens is 260 g/mol. The Labute approximate surface area is 122 Å². The van der Waals surface area contributed by atoms with Gasteiger partial charge in [-0.15, -0.1) is 0 Å². The van der Waals surface area contributed by atoms with Gasteiger partial charge >= 0.3 is 0 Å². The van der Waals surface area contributed by atoms with Crippen LogP contribution >= 0.6 is 0 Å². The SMILES string of the molecule is CCC(=O)c1ccc(-c2ccc([Si](C)(C)C)cc2)cc1. The van der Waals surface area contributed by atoms with Crippen molar-refractivity contribution in [2.45, 2.75) is 33.0 Å². The third-order valence-electron chi connectivity index (χ3n) is 3.61. The first-order valence-electron chi connectivity index (χ1n) is 7.16. The Kier molecular flexibility index (Phi) is 4.24. The highest BCUT2D eigenvalue weighted by Crippen LogP contribution is 2.20. The Balaban J connectivity index is 2.26. The molecule has 0 spiro atoms. The predicted molar refractivity (Wildman–Crippen MR) is 89.5 cm³/mol. The molecule has 0 radical (unpaired) electrons. The lowest BCUT2D eigenvalue weighted by atomic mass is 10.0. The number of Topliss-reactive ketones (excluding diaryl/α,β-unsaturated/α-hetero) is 1. The van der Waals surface area contributed by atoms with Gasteiger partial charge in [0.1, 0.15) is 0 Å². The summed E-state index contributed by atoms with van der Waals surface area (Å²) in [6, 6.07) is 16.8. The molecule has 0 saturated heterocycles. The van der Waals surface area contributed by atoms with Crippen LogP contribution in [0.15, 0.2) is 48.5 Å². The summed E-state index contributed by atoms with van der Waals surface area (Å²) in [5.41, 5.74) is 3.18. The molecule has 2 aromatic carbocycles. The molecule has 0 fully saturated rings. The number of benzene rings is 2. The smallest absolute Gasteiger partial charge is 0.162 e. The normalized spacial score (nSPS) is 11.4.